The quantitative estimate of drug-likeness (QED) is 0.835. The van der Waals surface area contributed by atoms with Crippen molar-refractivity contribution in [1.82, 2.24) is 20.1 Å². The van der Waals surface area contributed by atoms with E-state index in [1.54, 1.807) is 24.3 Å². The van der Waals surface area contributed by atoms with Crippen molar-refractivity contribution >= 4 is 17.5 Å². The zero-order valence-electron chi connectivity index (χ0n) is 12.8. The third-order valence-electron chi connectivity index (χ3n) is 3.83. The molecule has 0 radical (unpaired) electrons. The fourth-order valence-corrected chi connectivity index (χ4v) is 2.62. The molecule has 2 aromatic rings. The second kappa shape index (κ2) is 7.04. The zero-order chi connectivity index (χ0) is 16.1. The van der Waals surface area contributed by atoms with Crippen molar-refractivity contribution in [2.24, 2.45) is 0 Å². The molecule has 0 bridgehead atoms. The fraction of sp³-hybridized carbons (Fsp3) is 0.375. The second-order valence-electron chi connectivity index (χ2n) is 5.50. The molecule has 120 valence electrons. The van der Waals surface area contributed by atoms with E-state index in [1.165, 1.54) is 6.42 Å². The summed E-state index contributed by atoms with van der Waals surface area (Å²) >= 11 is 0. The average molecular weight is 313 g/mol. The van der Waals surface area contributed by atoms with Gasteiger partial charge < -0.3 is 15.2 Å². The van der Waals surface area contributed by atoms with E-state index in [0.717, 1.165) is 31.6 Å². The van der Waals surface area contributed by atoms with Gasteiger partial charge in [0.25, 0.3) is 0 Å². The Morgan fingerprint density at radius 1 is 1.04 bits per heavy atom. The molecule has 1 aromatic carbocycles. The lowest BCUT2D eigenvalue weighted by molar-refractivity contribution is -0.136. The Kier molecular flexibility index (Phi) is 4.65. The number of hydrogen-bond acceptors (Lipinski definition) is 4. The molecule has 2 heterocycles. The Morgan fingerprint density at radius 3 is 2.70 bits per heavy atom. The Balaban J connectivity index is 1.57. The van der Waals surface area contributed by atoms with Gasteiger partial charge in [0, 0.05) is 18.7 Å². The van der Waals surface area contributed by atoms with Crippen molar-refractivity contribution < 1.29 is 9.59 Å². The van der Waals surface area contributed by atoms with Crippen molar-refractivity contribution in [3.8, 4) is 0 Å². The molecule has 3 rings (SSSR count). The number of hydrogen-bond donors (Lipinski definition) is 2. The Hall–Kier alpha value is -2.70. The van der Waals surface area contributed by atoms with E-state index in [9.17, 15) is 9.59 Å². The van der Waals surface area contributed by atoms with Gasteiger partial charge in [-0.1, -0.05) is 24.6 Å². The topological polar surface area (TPSA) is 88.9 Å². The summed E-state index contributed by atoms with van der Waals surface area (Å²) in [5, 5.41) is 13.4. The van der Waals surface area contributed by atoms with Crippen LogP contribution in [-0.2, 0) is 29.1 Å². The van der Waals surface area contributed by atoms with Crippen molar-refractivity contribution in [1.29, 1.82) is 0 Å². The Bertz CT molecular complexity index is 696. The summed E-state index contributed by atoms with van der Waals surface area (Å²) in [6, 6.07) is 8.87. The van der Waals surface area contributed by atoms with Gasteiger partial charge in [0.1, 0.15) is 5.82 Å². The molecule has 0 atom stereocenters. The number of amides is 2. The molecule has 1 aliphatic heterocycles. The highest BCUT2D eigenvalue weighted by Gasteiger charge is 2.17. The first-order valence-corrected chi connectivity index (χ1v) is 7.79. The van der Waals surface area contributed by atoms with Crippen LogP contribution in [-0.4, -0.2) is 26.6 Å². The first-order valence-electron chi connectivity index (χ1n) is 7.79. The zero-order valence-corrected chi connectivity index (χ0v) is 12.8. The maximum absolute atomic E-state index is 11.9. The maximum atomic E-state index is 11.9. The Labute approximate surface area is 134 Å². The lowest BCUT2D eigenvalue weighted by Gasteiger charge is -2.08. The van der Waals surface area contributed by atoms with Crippen LogP contribution < -0.4 is 10.6 Å². The van der Waals surface area contributed by atoms with Gasteiger partial charge in [-0.05, 0) is 25.0 Å². The molecule has 0 aliphatic carbocycles. The molecule has 7 nitrogen and oxygen atoms in total. The van der Waals surface area contributed by atoms with Crippen LogP contribution in [0, 0.1) is 0 Å². The minimum atomic E-state index is -0.688. The van der Waals surface area contributed by atoms with Crippen LogP contribution in [0.3, 0.4) is 0 Å². The van der Waals surface area contributed by atoms with Gasteiger partial charge in [-0.2, -0.15) is 0 Å². The normalized spacial score (nSPS) is 13.7. The minimum absolute atomic E-state index is 0.202. The summed E-state index contributed by atoms with van der Waals surface area (Å²) in [6.45, 7) is 1.07. The molecule has 0 unspecified atom stereocenters. The smallest absolute Gasteiger partial charge is 0.313 e. The van der Waals surface area contributed by atoms with E-state index in [1.807, 2.05) is 10.6 Å². The SMILES string of the molecule is O=C(NCc1nnc2n1CCCCC2)C(=O)Nc1ccccc1. The molecule has 2 amide bonds. The lowest BCUT2D eigenvalue weighted by Crippen LogP contribution is -2.35. The van der Waals surface area contributed by atoms with E-state index in [2.05, 4.69) is 20.8 Å². The number of carbonyl (C=O) groups is 2. The molecule has 1 aliphatic rings. The third kappa shape index (κ3) is 3.74. The van der Waals surface area contributed by atoms with Crippen LogP contribution in [0.5, 0.6) is 0 Å². The molecule has 0 saturated carbocycles. The molecule has 7 heteroatoms. The van der Waals surface area contributed by atoms with Crippen molar-refractivity contribution in [2.75, 3.05) is 5.32 Å². The van der Waals surface area contributed by atoms with Crippen LogP contribution in [0.25, 0.3) is 0 Å². The largest absolute Gasteiger partial charge is 0.341 e. The van der Waals surface area contributed by atoms with Crippen molar-refractivity contribution in [3.05, 3.63) is 42.0 Å². The molecular weight excluding hydrogens is 294 g/mol. The summed E-state index contributed by atoms with van der Waals surface area (Å²) in [6.07, 6.45) is 4.29. The van der Waals surface area contributed by atoms with Gasteiger partial charge in [-0.3, -0.25) is 9.59 Å². The molecular formula is C16H19N5O2. The standard InChI is InChI=1S/C16H19N5O2/c22-15(16(23)18-12-7-3-1-4-8-12)17-11-14-20-19-13-9-5-2-6-10-21(13)14/h1,3-4,7-8H,2,5-6,9-11H2,(H,17,22)(H,18,23). The first-order chi connectivity index (χ1) is 11.2. The van der Waals surface area contributed by atoms with Crippen LogP contribution in [0.1, 0.15) is 30.9 Å². The fourth-order valence-electron chi connectivity index (χ4n) is 2.62. The summed E-state index contributed by atoms with van der Waals surface area (Å²) in [5.41, 5.74) is 0.587. The van der Waals surface area contributed by atoms with E-state index in [0.29, 0.717) is 11.5 Å². The number of aryl methyl sites for hydroxylation is 1. The van der Waals surface area contributed by atoms with Crippen molar-refractivity contribution in [3.63, 3.8) is 0 Å². The average Bonchev–Trinajstić information content (AvgIpc) is 2.80. The number of fused-ring (bicyclic) bond motifs is 1. The highest BCUT2D eigenvalue weighted by molar-refractivity contribution is 6.39. The van der Waals surface area contributed by atoms with Crippen molar-refractivity contribution in [2.45, 2.75) is 38.8 Å². The van der Waals surface area contributed by atoms with Crippen LogP contribution >= 0.6 is 0 Å². The number of nitrogens with one attached hydrogen (secondary N) is 2. The van der Waals surface area contributed by atoms with Gasteiger partial charge in [-0.15, -0.1) is 10.2 Å². The monoisotopic (exact) mass is 313 g/mol. The van der Waals surface area contributed by atoms with Gasteiger partial charge in [0.05, 0.1) is 6.54 Å². The molecule has 23 heavy (non-hydrogen) atoms. The number of carbonyl (C=O) groups excluding carboxylic acids is 2. The Morgan fingerprint density at radius 2 is 1.87 bits per heavy atom. The number of nitrogens with zero attached hydrogens (tertiary/aromatic N) is 3. The van der Waals surface area contributed by atoms with Gasteiger partial charge in [0.2, 0.25) is 0 Å². The summed E-state index contributed by atoms with van der Waals surface area (Å²) in [5.74, 6) is 0.287. The molecule has 2 N–H and O–H groups in total. The van der Waals surface area contributed by atoms with Crippen LogP contribution in [0.15, 0.2) is 30.3 Å². The predicted octanol–water partition coefficient (Wildman–Crippen LogP) is 1.26. The predicted molar refractivity (Wildman–Crippen MR) is 84.5 cm³/mol. The number of para-hydroxylation sites is 1. The maximum Gasteiger partial charge on any atom is 0.313 e. The molecule has 0 fully saturated rings. The van der Waals surface area contributed by atoms with E-state index >= 15 is 0 Å². The number of anilines is 1. The lowest BCUT2D eigenvalue weighted by atomic mass is 10.2. The summed E-state index contributed by atoms with van der Waals surface area (Å²) < 4.78 is 2.04. The molecule has 0 saturated heterocycles. The summed E-state index contributed by atoms with van der Waals surface area (Å²) in [4.78, 5) is 23.7. The number of rotatable bonds is 3. The highest BCUT2D eigenvalue weighted by Crippen LogP contribution is 2.14. The highest BCUT2D eigenvalue weighted by atomic mass is 16.2. The molecule has 1 aromatic heterocycles. The van der Waals surface area contributed by atoms with E-state index in [4.69, 9.17) is 0 Å². The van der Waals surface area contributed by atoms with Gasteiger partial charge in [-0.25, -0.2) is 0 Å². The summed E-state index contributed by atoms with van der Waals surface area (Å²) in [7, 11) is 0. The van der Waals surface area contributed by atoms with E-state index in [-0.39, 0.29) is 6.54 Å². The molecule has 0 spiro atoms. The van der Waals surface area contributed by atoms with E-state index < -0.39 is 11.8 Å². The van der Waals surface area contributed by atoms with Crippen LogP contribution in [0.4, 0.5) is 5.69 Å². The number of benzene rings is 1. The third-order valence-corrected chi connectivity index (χ3v) is 3.83. The van der Waals surface area contributed by atoms with Gasteiger partial charge in [0.15, 0.2) is 5.82 Å². The van der Waals surface area contributed by atoms with Crippen LogP contribution in [0.2, 0.25) is 0 Å². The minimum Gasteiger partial charge on any atom is -0.341 e. The second-order valence-corrected chi connectivity index (χ2v) is 5.50. The number of aromatic nitrogens is 3. The van der Waals surface area contributed by atoms with Gasteiger partial charge >= 0.3 is 11.8 Å². The first kappa shape index (κ1) is 15.2.